The molecule has 7 heteroatoms. The fraction of sp³-hybridized carbons (Fsp3) is 0. The van der Waals surface area contributed by atoms with E-state index in [-0.39, 0.29) is 39.6 Å². The van der Waals surface area contributed by atoms with Crippen LogP contribution in [0.3, 0.4) is 0 Å². The van der Waals surface area contributed by atoms with Gasteiger partial charge in [0.05, 0.1) is 23.3 Å². The van der Waals surface area contributed by atoms with Crippen molar-refractivity contribution < 1.29 is 36.9 Å². The topological polar surface area (TPSA) is 106 Å². The Hall–Kier alpha value is -2.24. The van der Waals surface area contributed by atoms with Crippen molar-refractivity contribution in [3.63, 3.8) is 0 Å². The zero-order chi connectivity index (χ0) is 13.1. The third kappa shape index (κ3) is 3.37. The van der Waals surface area contributed by atoms with Crippen molar-refractivity contribution in [2.24, 2.45) is 0 Å². The summed E-state index contributed by atoms with van der Waals surface area (Å²) in [4.78, 5) is 29.2. The maximum atomic E-state index is 10.7. The predicted octanol–water partition coefficient (Wildman–Crippen LogP) is -1.13. The van der Waals surface area contributed by atoms with Gasteiger partial charge < -0.3 is 19.8 Å². The van der Waals surface area contributed by atoms with Crippen LogP contribution in [-0.4, -0.2) is 21.9 Å². The van der Waals surface area contributed by atoms with E-state index >= 15 is 0 Å². The molecule has 0 saturated carbocycles. The van der Waals surface area contributed by atoms with E-state index in [9.17, 15) is 19.8 Å². The van der Waals surface area contributed by atoms with Crippen LogP contribution in [0.15, 0.2) is 36.7 Å². The van der Waals surface area contributed by atoms with E-state index in [1.165, 1.54) is 36.7 Å². The molecule has 0 aromatic carbocycles. The van der Waals surface area contributed by atoms with E-state index in [1.54, 1.807) is 0 Å². The van der Waals surface area contributed by atoms with Gasteiger partial charge in [0.15, 0.2) is 0 Å². The molecule has 2 heterocycles. The molecular formula is C12H6MnN2O4. The molecule has 0 unspecified atom stereocenters. The SMILES string of the molecule is O=C([O-])c1ccnc(-c2cc(C(=O)[O-])ccn2)c1.[Mn+2]. The summed E-state index contributed by atoms with van der Waals surface area (Å²) in [5.41, 5.74) is 0.390. The molecule has 0 atom stereocenters. The molecule has 2 aromatic rings. The average Bonchev–Trinajstić information content (AvgIpc) is 2.39. The molecule has 0 N–H and O–H groups in total. The normalized spacial score (nSPS) is 9.47. The summed E-state index contributed by atoms with van der Waals surface area (Å²) in [5.74, 6) is -2.68. The maximum absolute atomic E-state index is 10.7. The van der Waals surface area contributed by atoms with Crippen LogP contribution in [0.2, 0.25) is 0 Å². The summed E-state index contributed by atoms with van der Waals surface area (Å²) >= 11 is 0. The molecule has 6 nitrogen and oxygen atoms in total. The number of carbonyl (C=O) groups is 2. The fourth-order valence-electron chi connectivity index (χ4n) is 1.40. The second-order valence-electron chi connectivity index (χ2n) is 3.43. The van der Waals surface area contributed by atoms with Crippen LogP contribution in [-0.2, 0) is 17.1 Å². The minimum atomic E-state index is -1.34. The van der Waals surface area contributed by atoms with Crippen molar-refractivity contribution in [2.75, 3.05) is 0 Å². The van der Waals surface area contributed by atoms with Crippen LogP contribution < -0.4 is 10.2 Å². The second-order valence-corrected chi connectivity index (χ2v) is 3.43. The molecule has 2 aromatic heterocycles. The van der Waals surface area contributed by atoms with Gasteiger partial charge in [0.1, 0.15) is 0 Å². The molecule has 95 valence electrons. The Kier molecular flexibility index (Phi) is 4.74. The number of nitrogens with zero attached hydrogens (tertiary/aromatic N) is 2. The van der Waals surface area contributed by atoms with Gasteiger partial charge >= 0.3 is 17.1 Å². The summed E-state index contributed by atoms with van der Waals surface area (Å²) in [6.45, 7) is 0. The van der Waals surface area contributed by atoms with Gasteiger partial charge in [-0.2, -0.15) is 0 Å². The van der Waals surface area contributed by atoms with Crippen molar-refractivity contribution >= 4 is 11.9 Å². The van der Waals surface area contributed by atoms with Crippen LogP contribution in [0.5, 0.6) is 0 Å². The quantitative estimate of drug-likeness (QED) is 0.663. The fourth-order valence-corrected chi connectivity index (χ4v) is 1.40. The van der Waals surface area contributed by atoms with Crippen LogP contribution in [0.1, 0.15) is 20.7 Å². The Bertz CT molecular complexity index is 575. The Balaban J connectivity index is 0.00000180. The molecule has 0 aliphatic rings. The largest absolute Gasteiger partial charge is 2.00 e. The molecule has 0 saturated heterocycles. The summed E-state index contributed by atoms with van der Waals surface area (Å²) in [6, 6.07) is 5.08. The summed E-state index contributed by atoms with van der Waals surface area (Å²) < 4.78 is 0. The number of aromatic carboxylic acids is 2. The standard InChI is InChI=1S/C12H8N2O4.Mn/c15-11(16)7-1-3-13-9(5-7)10-6-8(12(17)18)2-4-14-10;/h1-6H,(H,15,16)(H,17,18);/q;+2/p-2. The minimum Gasteiger partial charge on any atom is -0.545 e. The monoisotopic (exact) mass is 297 g/mol. The van der Waals surface area contributed by atoms with Gasteiger partial charge in [-0.25, -0.2) is 0 Å². The van der Waals surface area contributed by atoms with Gasteiger partial charge in [0.2, 0.25) is 0 Å². The van der Waals surface area contributed by atoms with Gasteiger partial charge in [0, 0.05) is 23.5 Å². The molecule has 0 aliphatic heterocycles. The van der Waals surface area contributed by atoms with Crippen LogP contribution >= 0.6 is 0 Å². The molecule has 2 rings (SSSR count). The number of carboxylic acid groups (broad SMARTS) is 2. The van der Waals surface area contributed by atoms with Crippen molar-refractivity contribution in [1.82, 2.24) is 9.97 Å². The summed E-state index contributed by atoms with van der Waals surface area (Å²) in [6.07, 6.45) is 2.57. The molecule has 1 radical (unpaired) electrons. The Morgan fingerprint density at radius 1 is 0.842 bits per heavy atom. The number of aromatic nitrogens is 2. The van der Waals surface area contributed by atoms with Gasteiger partial charge in [0.25, 0.3) is 0 Å². The van der Waals surface area contributed by atoms with Crippen LogP contribution in [0.25, 0.3) is 11.4 Å². The van der Waals surface area contributed by atoms with E-state index in [0.29, 0.717) is 0 Å². The molecule has 0 amide bonds. The number of carbonyl (C=O) groups excluding carboxylic acids is 2. The Morgan fingerprint density at radius 2 is 1.21 bits per heavy atom. The Labute approximate surface area is 118 Å². The maximum Gasteiger partial charge on any atom is 2.00 e. The van der Waals surface area contributed by atoms with Gasteiger partial charge in [-0.05, 0) is 24.3 Å². The van der Waals surface area contributed by atoms with E-state index in [1.807, 2.05) is 0 Å². The molecule has 0 bridgehead atoms. The van der Waals surface area contributed by atoms with Gasteiger partial charge in [-0.1, -0.05) is 0 Å². The van der Waals surface area contributed by atoms with Gasteiger partial charge in [-0.15, -0.1) is 0 Å². The van der Waals surface area contributed by atoms with Crippen LogP contribution in [0, 0.1) is 0 Å². The number of rotatable bonds is 3. The van der Waals surface area contributed by atoms with Crippen molar-refractivity contribution in [1.29, 1.82) is 0 Å². The number of hydrogen-bond donors (Lipinski definition) is 0. The van der Waals surface area contributed by atoms with Crippen molar-refractivity contribution in [3.05, 3.63) is 47.8 Å². The molecule has 19 heavy (non-hydrogen) atoms. The smallest absolute Gasteiger partial charge is 0.545 e. The zero-order valence-electron chi connectivity index (χ0n) is 9.37. The predicted molar refractivity (Wildman–Crippen MR) is 56.1 cm³/mol. The third-order valence-corrected chi connectivity index (χ3v) is 2.25. The van der Waals surface area contributed by atoms with E-state index in [0.717, 1.165) is 0 Å². The first-order valence-corrected chi connectivity index (χ1v) is 4.93. The van der Waals surface area contributed by atoms with E-state index < -0.39 is 11.9 Å². The van der Waals surface area contributed by atoms with Crippen LogP contribution in [0.4, 0.5) is 0 Å². The first-order chi connectivity index (χ1) is 8.58. The number of carboxylic acids is 2. The molecule has 0 spiro atoms. The summed E-state index contributed by atoms with van der Waals surface area (Å²) in [5, 5.41) is 21.4. The summed E-state index contributed by atoms with van der Waals surface area (Å²) in [7, 11) is 0. The van der Waals surface area contributed by atoms with Crippen molar-refractivity contribution in [3.8, 4) is 11.4 Å². The van der Waals surface area contributed by atoms with E-state index in [2.05, 4.69) is 9.97 Å². The van der Waals surface area contributed by atoms with E-state index in [4.69, 9.17) is 0 Å². The molecule has 0 aliphatic carbocycles. The zero-order valence-corrected chi connectivity index (χ0v) is 10.5. The minimum absolute atomic E-state index is 0. The average molecular weight is 297 g/mol. The number of hydrogen-bond acceptors (Lipinski definition) is 6. The molecule has 0 fully saturated rings. The third-order valence-electron chi connectivity index (χ3n) is 2.25. The first-order valence-electron chi connectivity index (χ1n) is 4.93. The Morgan fingerprint density at radius 3 is 1.53 bits per heavy atom. The first kappa shape index (κ1) is 14.8. The second kappa shape index (κ2) is 6.08. The molecular weight excluding hydrogens is 291 g/mol. The van der Waals surface area contributed by atoms with Gasteiger partial charge in [-0.3, -0.25) is 9.97 Å². The van der Waals surface area contributed by atoms with Crippen molar-refractivity contribution in [2.45, 2.75) is 0 Å². The number of pyridine rings is 2.